The maximum Gasteiger partial charge on any atom is 0.306 e. The second-order valence-corrected chi connectivity index (χ2v) is 20.6. The molecule has 0 aliphatic rings. The van der Waals surface area contributed by atoms with Gasteiger partial charge in [-0.15, -0.1) is 0 Å². The van der Waals surface area contributed by atoms with Crippen molar-refractivity contribution in [3.8, 4) is 0 Å². The van der Waals surface area contributed by atoms with E-state index in [4.69, 9.17) is 14.2 Å². The summed E-state index contributed by atoms with van der Waals surface area (Å²) in [5.41, 5.74) is 0. The van der Waals surface area contributed by atoms with Gasteiger partial charge in [0.2, 0.25) is 0 Å². The van der Waals surface area contributed by atoms with E-state index in [0.29, 0.717) is 19.3 Å². The first kappa shape index (κ1) is 65.1. The molecule has 0 aromatic carbocycles. The number of carbonyl (C=O) groups excluding carboxylic acids is 3. The van der Waals surface area contributed by atoms with Crippen LogP contribution in [-0.4, -0.2) is 37.2 Å². The molecule has 0 spiro atoms. The predicted molar refractivity (Wildman–Crippen MR) is 289 cm³/mol. The number of carbonyl (C=O) groups is 3. The zero-order valence-electron chi connectivity index (χ0n) is 45.5. The van der Waals surface area contributed by atoms with Gasteiger partial charge in [0.25, 0.3) is 0 Å². The molecule has 6 heteroatoms. The first-order valence-electron chi connectivity index (χ1n) is 30.2. The smallest absolute Gasteiger partial charge is 0.306 e. The molecule has 67 heavy (non-hydrogen) atoms. The number of hydrogen-bond acceptors (Lipinski definition) is 6. The Labute approximate surface area is 418 Å². The van der Waals surface area contributed by atoms with Gasteiger partial charge in [-0.05, 0) is 44.9 Å². The summed E-state index contributed by atoms with van der Waals surface area (Å²) < 4.78 is 16.9. The molecule has 0 rings (SSSR count). The van der Waals surface area contributed by atoms with Crippen molar-refractivity contribution < 1.29 is 28.6 Å². The van der Waals surface area contributed by atoms with Gasteiger partial charge in [-0.3, -0.25) is 14.4 Å². The van der Waals surface area contributed by atoms with Crippen molar-refractivity contribution in [1.82, 2.24) is 0 Å². The van der Waals surface area contributed by atoms with Crippen LogP contribution in [0, 0.1) is 0 Å². The van der Waals surface area contributed by atoms with Crippen molar-refractivity contribution >= 4 is 17.9 Å². The summed E-state index contributed by atoms with van der Waals surface area (Å²) in [6.07, 6.45) is 64.9. The number of unbranched alkanes of at least 4 members (excludes halogenated alkanes) is 43. The second kappa shape index (κ2) is 56.7. The Hall–Kier alpha value is -1.85. The minimum absolute atomic E-state index is 0.0663. The highest BCUT2D eigenvalue weighted by Gasteiger charge is 2.19. The van der Waals surface area contributed by atoms with E-state index in [1.807, 2.05) is 0 Å². The highest BCUT2D eigenvalue weighted by atomic mass is 16.6. The normalized spacial score (nSPS) is 12.0. The highest BCUT2D eigenvalue weighted by Crippen LogP contribution is 2.17. The van der Waals surface area contributed by atoms with Crippen molar-refractivity contribution in [3.63, 3.8) is 0 Å². The van der Waals surface area contributed by atoms with E-state index in [1.165, 1.54) is 238 Å². The van der Waals surface area contributed by atoms with Crippen LogP contribution in [0.5, 0.6) is 0 Å². The van der Waals surface area contributed by atoms with Crippen LogP contribution in [0.25, 0.3) is 0 Å². The van der Waals surface area contributed by atoms with Gasteiger partial charge >= 0.3 is 17.9 Å². The third-order valence-corrected chi connectivity index (χ3v) is 13.8. The molecule has 0 amide bonds. The lowest BCUT2D eigenvalue weighted by atomic mass is 10.0. The van der Waals surface area contributed by atoms with Crippen LogP contribution >= 0.6 is 0 Å². The van der Waals surface area contributed by atoms with Crippen LogP contribution in [0.15, 0.2) is 12.2 Å². The van der Waals surface area contributed by atoms with E-state index in [-0.39, 0.29) is 31.1 Å². The molecule has 6 nitrogen and oxygen atoms in total. The zero-order chi connectivity index (χ0) is 48.6. The zero-order valence-corrected chi connectivity index (χ0v) is 45.5. The Kier molecular flexibility index (Phi) is 55.2. The lowest BCUT2D eigenvalue weighted by Gasteiger charge is -2.18. The largest absolute Gasteiger partial charge is 0.462 e. The lowest BCUT2D eigenvalue weighted by Crippen LogP contribution is -2.30. The molecule has 0 aliphatic heterocycles. The summed E-state index contributed by atoms with van der Waals surface area (Å²) in [5.74, 6) is -0.847. The van der Waals surface area contributed by atoms with E-state index < -0.39 is 6.10 Å². The number of hydrogen-bond donors (Lipinski definition) is 0. The van der Waals surface area contributed by atoms with Crippen molar-refractivity contribution in [1.29, 1.82) is 0 Å². The van der Waals surface area contributed by atoms with Crippen LogP contribution < -0.4 is 0 Å². The fourth-order valence-electron chi connectivity index (χ4n) is 9.21. The van der Waals surface area contributed by atoms with Gasteiger partial charge in [0.15, 0.2) is 6.10 Å². The van der Waals surface area contributed by atoms with E-state index in [2.05, 4.69) is 32.9 Å². The Bertz CT molecular complexity index is 1040. The molecule has 0 bridgehead atoms. The molecule has 0 fully saturated rings. The fraction of sp³-hybridized carbons (Fsp3) is 0.918. The van der Waals surface area contributed by atoms with Crippen LogP contribution in [0.2, 0.25) is 0 Å². The second-order valence-electron chi connectivity index (χ2n) is 20.6. The van der Waals surface area contributed by atoms with Gasteiger partial charge in [-0.25, -0.2) is 0 Å². The van der Waals surface area contributed by atoms with Crippen LogP contribution in [0.4, 0.5) is 0 Å². The Morgan fingerprint density at radius 2 is 0.493 bits per heavy atom. The Balaban J connectivity index is 4.32. The summed E-state index contributed by atoms with van der Waals surface area (Å²) >= 11 is 0. The van der Waals surface area contributed by atoms with Crippen molar-refractivity contribution in [2.75, 3.05) is 13.2 Å². The van der Waals surface area contributed by atoms with E-state index in [9.17, 15) is 14.4 Å². The third-order valence-electron chi connectivity index (χ3n) is 13.8. The first-order chi connectivity index (χ1) is 33.0. The molecule has 0 N–H and O–H groups in total. The molecule has 0 aromatic heterocycles. The summed E-state index contributed by atoms with van der Waals surface area (Å²) in [5, 5.41) is 0. The average molecular weight is 946 g/mol. The minimum atomic E-state index is -0.768. The first-order valence-corrected chi connectivity index (χ1v) is 30.2. The molecular formula is C61H116O6. The molecule has 396 valence electrons. The summed E-state index contributed by atoms with van der Waals surface area (Å²) in [6.45, 7) is 6.70. The Morgan fingerprint density at radius 3 is 0.746 bits per heavy atom. The molecule has 1 atom stereocenters. The quantitative estimate of drug-likeness (QED) is 0.0262. The van der Waals surface area contributed by atoms with E-state index in [1.54, 1.807) is 0 Å². The standard InChI is InChI=1S/C61H116O6/c1-4-7-10-13-16-19-22-25-28-30-31-34-36-39-42-45-48-51-54-60(63)66-57-58(56-65-59(62)53-50-47-44-41-38-35-32-27-24-21-18-15-12-9-6-3)67-61(64)55-52-49-46-43-40-37-33-29-26-23-20-17-14-11-8-5-2/h31,34,58H,4-30,32-33,35-57H2,1-3H3/b34-31-. The molecular weight excluding hydrogens is 829 g/mol. The topological polar surface area (TPSA) is 78.9 Å². The molecule has 0 aliphatic carbocycles. The van der Waals surface area contributed by atoms with Crippen molar-refractivity contribution in [2.24, 2.45) is 0 Å². The predicted octanol–water partition coefficient (Wildman–Crippen LogP) is 20.1. The van der Waals surface area contributed by atoms with Gasteiger partial charge in [0.1, 0.15) is 13.2 Å². The molecule has 0 radical (unpaired) electrons. The summed E-state index contributed by atoms with van der Waals surface area (Å²) in [4.78, 5) is 38.2. The number of rotatable bonds is 56. The monoisotopic (exact) mass is 945 g/mol. The molecule has 0 aromatic rings. The van der Waals surface area contributed by atoms with E-state index in [0.717, 1.165) is 64.2 Å². The van der Waals surface area contributed by atoms with Gasteiger partial charge in [-0.1, -0.05) is 290 Å². The van der Waals surface area contributed by atoms with Gasteiger partial charge < -0.3 is 14.2 Å². The van der Waals surface area contributed by atoms with Crippen LogP contribution in [0.1, 0.15) is 342 Å². The lowest BCUT2D eigenvalue weighted by molar-refractivity contribution is -0.167. The number of ether oxygens (including phenoxy) is 3. The van der Waals surface area contributed by atoms with Gasteiger partial charge in [0.05, 0.1) is 0 Å². The number of esters is 3. The van der Waals surface area contributed by atoms with E-state index >= 15 is 0 Å². The van der Waals surface area contributed by atoms with Crippen LogP contribution in [-0.2, 0) is 28.6 Å². The maximum atomic E-state index is 12.9. The number of allylic oxidation sites excluding steroid dienone is 2. The maximum absolute atomic E-state index is 12.9. The Morgan fingerprint density at radius 1 is 0.284 bits per heavy atom. The highest BCUT2D eigenvalue weighted by molar-refractivity contribution is 5.71. The SMILES string of the molecule is CCCCCCCCCCC/C=C\CCCCCCCC(=O)OCC(COC(=O)CCCCCCCCCCCCCCCCC)OC(=O)CCCCCCCCCCCCCCCCCC. The van der Waals surface area contributed by atoms with Gasteiger partial charge in [0, 0.05) is 19.3 Å². The molecule has 0 saturated carbocycles. The fourth-order valence-corrected chi connectivity index (χ4v) is 9.21. The molecule has 0 saturated heterocycles. The van der Waals surface area contributed by atoms with Gasteiger partial charge in [-0.2, -0.15) is 0 Å². The minimum Gasteiger partial charge on any atom is -0.462 e. The summed E-state index contributed by atoms with van der Waals surface area (Å²) in [6, 6.07) is 0. The summed E-state index contributed by atoms with van der Waals surface area (Å²) in [7, 11) is 0. The average Bonchev–Trinajstić information content (AvgIpc) is 3.33. The van der Waals surface area contributed by atoms with Crippen molar-refractivity contribution in [3.05, 3.63) is 12.2 Å². The molecule has 1 unspecified atom stereocenters. The van der Waals surface area contributed by atoms with Crippen molar-refractivity contribution in [2.45, 2.75) is 348 Å². The third kappa shape index (κ3) is 55.0. The van der Waals surface area contributed by atoms with Crippen LogP contribution in [0.3, 0.4) is 0 Å². The molecule has 0 heterocycles.